The van der Waals surface area contributed by atoms with E-state index in [1.54, 1.807) is 23.3 Å². The van der Waals surface area contributed by atoms with Gasteiger partial charge in [-0.15, -0.1) is 21.5 Å². The summed E-state index contributed by atoms with van der Waals surface area (Å²) in [5, 5.41) is 10.7. The Labute approximate surface area is 144 Å². The number of hydrogen-bond donors (Lipinski definition) is 0. The van der Waals surface area contributed by atoms with Gasteiger partial charge in [-0.05, 0) is 0 Å². The van der Waals surface area contributed by atoms with E-state index in [4.69, 9.17) is 4.42 Å². The number of amides is 1. The van der Waals surface area contributed by atoms with E-state index in [-0.39, 0.29) is 12.3 Å². The highest BCUT2D eigenvalue weighted by molar-refractivity contribution is 7.13. The molecule has 0 unspecified atom stereocenters. The lowest BCUT2D eigenvalue weighted by atomic mass is 10.2. The summed E-state index contributed by atoms with van der Waals surface area (Å²) in [5.74, 6) is 1.000. The van der Waals surface area contributed by atoms with E-state index in [2.05, 4.69) is 15.2 Å². The van der Waals surface area contributed by atoms with Crippen molar-refractivity contribution in [1.29, 1.82) is 0 Å². The first-order valence-electron chi connectivity index (χ1n) is 7.70. The van der Waals surface area contributed by atoms with Crippen molar-refractivity contribution in [2.24, 2.45) is 0 Å². The molecule has 2 heterocycles. The summed E-state index contributed by atoms with van der Waals surface area (Å²) in [6.45, 7) is 2.25. The van der Waals surface area contributed by atoms with E-state index >= 15 is 0 Å². The number of carbonyl (C=O) groups excluding carboxylic acids is 1. The smallest absolute Gasteiger partial charge is 0.235 e. The lowest BCUT2D eigenvalue weighted by Crippen LogP contribution is -2.28. The van der Waals surface area contributed by atoms with Gasteiger partial charge < -0.3 is 9.32 Å². The Bertz CT molecular complexity index is 813. The summed E-state index contributed by atoms with van der Waals surface area (Å²) in [4.78, 5) is 18.5. The fourth-order valence-electron chi connectivity index (χ4n) is 2.18. The van der Waals surface area contributed by atoms with Gasteiger partial charge in [-0.3, -0.25) is 4.79 Å². The van der Waals surface area contributed by atoms with E-state index in [0.29, 0.717) is 24.7 Å². The molecule has 124 valence electrons. The average molecular weight is 342 g/mol. The van der Waals surface area contributed by atoms with Crippen molar-refractivity contribution in [2.45, 2.75) is 26.3 Å². The van der Waals surface area contributed by atoms with Crippen LogP contribution >= 0.6 is 11.3 Å². The molecule has 0 saturated heterocycles. The van der Waals surface area contributed by atoms with Gasteiger partial charge in [0.05, 0.1) is 18.7 Å². The molecule has 0 aliphatic heterocycles. The average Bonchev–Trinajstić information content (AvgIpc) is 3.25. The Morgan fingerprint density at radius 1 is 1.21 bits per heavy atom. The SMILES string of the molecule is CCc1nnc(CN(C)C(=O)Cc2csc(-c3ccccc3)n2)o1. The van der Waals surface area contributed by atoms with Crippen LogP contribution in [0.3, 0.4) is 0 Å². The fraction of sp³-hybridized carbons (Fsp3) is 0.294. The highest BCUT2D eigenvalue weighted by Crippen LogP contribution is 2.23. The maximum Gasteiger partial charge on any atom is 0.235 e. The molecule has 0 N–H and O–H groups in total. The minimum atomic E-state index is -0.0313. The van der Waals surface area contributed by atoms with Gasteiger partial charge in [0.25, 0.3) is 0 Å². The van der Waals surface area contributed by atoms with Gasteiger partial charge >= 0.3 is 0 Å². The number of nitrogens with zero attached hydrogens (tertiary/aromatic N) is 4. The minimum Gasteiger partial charge on any atom is -0.423 e. The molecule has 0 spiro atoms. The summed E-state index contributed by atoms with van der Waals surface area (Å²) in [7, 11) is 1.72. The lowest BCUT2D eigenvalue weighted by molar-refractivity contribution is -0.130. The van der Waals surface area contributed by atoms with Crippen LogP contribution in [-0.4, -0.2) is 33.0 Å². The van der Waals surface area contributed by atoms with Crippen LogP contribution in [0.4, 0.5) is 0 Å². The fourth-order valence-corrected chi connectivity index (χ4v) is 3.00. The van der Waals surface area contributed by atoms with E-state index < -0.39 is 0 Å². The molecule has 24 heavy (non-hydrogen) atoms. The van der Waals surface area contributed by atoms with Gasteiger partial charge in [-0.25, -0.2) is 4.98 Å². The summed E-state index contributed by atoms with van der Waals surface area (Å²) in [6.07, 6.45) is 0.945. The Balaban J connectivity index is 1.61. The van der Waals surface area contributed by atoms with Crippen molar-refractivity contribution in [3.05, 3.63) is 53.2 Å². The Morgan fingerprint density at radius 3 is 2.67 bits per heavy atom. The molecule has 1 amide bonds. The summed E-state index contributed by atoms with van der Waals surface area (Å²) < 4.78 is 5.44. The number of carbonyl (C=O) groups is 1. The first-order chi connectivity index (χ1) is 11.7. The van der Waals surface area contributed by atoms with Gasteiger partial charge in [0.1, 0.15) is 5.01 Å². The van der Waals surface area contributed by atoms with Crippen molar-refractivity contribution >= 4 is 17.2 Å². The van der Waals surface area contributed by atoms with Gasteiger partial charge in [-0.1, -0.05) is 37.3 Å². The molecule has 2 aromatic heterocycles. The molecule has 3 rings (SSSR count). The number of aryl methyl sites for hydroxylation is 1. The van der Waals surface area contributed by atoms with Gasteiger partial charge in [0, 0.05) is 24.4 Å². The van der Waals surface area contributed by atoms with E-state index in [1.165, 1.54) is 0 Å². The molecule has 0 radical (unpaired) electrons. The van der Waals surface area contributed by atoms with Crippen LogP contribution in [0.5, 0.6) is 0 Å². The van der Waals surface area contributed by atoms with Gasteiger partial charge in [0.15, 0.2) is 0 Å². The first kappa shape index (κ1) is 16.3. The second-order valence-corrected chi connectivity index (χ2v) is 6.24. The maximum atomic E-state index is 12.3. The van der Waals surface area contributed by atoms with E-state index in [1.807, 2.05) is 42.6 Å². The Morgan fingerprint density at radius 2 is 1.96 bits per heavy atom. The number of rotatable bonds is 6. The Kier molecular flexibility index (Phi) is 5.00. The summed E-state index contributed by atoms with van der Waals surface area (Å²) in [6, 6.07) is 9.95. The lowest BCUT2D eigenvalue weighted by Gasteiger charge is -2.13. The maximum absolute atomic E-state index is 12.3. The Hall–Kier alpha value is -2.54. The third-order valence-corrected chi connectivity index (χ3v) is 4.45. The molecule has 0 fully saturated rings. The number of hydrogen-bond acceptors (Lipinski definition) is 6. The van der Waals surface area contributed by atoms with Crippen LogP contribution in [0, 0.1) is 0 Å². The quantitative estimate of drug-likeness (QED) is 0.689. The van der Waals surface area contributed by atoms with Crippen LogP contribution in [-0.2, 0) is 24.2 Å². The monoisotopic (exact) mass is 342 g/mol. The molecule has 0 aliphatic rings. The van der Waals surface area contributed by atoms with E-state index in [9.17, 15) is 4.79 Å². The first-order valence-corrected chi connectivity index (χ1v) is 8.58. The highest BCUT2D eigenvalue weighted by Gasteiger charge is 2.15. The van der Waals surface area contributed by atoms with Gasteiger partial charge in [-0.2, -0.15) is 0 Å². The molecule has 0 bridgehead atoms. The third-order valence-electron chi connectivity index (χ3n) is 3.51. The van der Waals surface area contributed by atoms with Crippen molar-refractivity contribution < 1.29 is 9.21 Å². The second-order valence-electron chi connectivity index (χ2n) is 5.38. The van der Waals surface area contributed by atoms with Crippen molar-refractivity contribution in [3.8, 4) is 10.6 Å². The van der Waals surface area contributed by atoms with Crippen molar-refractivity contribution in [3.63, 3.8) is 0 Å². The number of aromatic nitrogens is 3. The molecule has 0 atom stereocenters. The zero-order valence-electron chi connectivity index (χ0n) is 13.6. The third kappa shape index (κ3) is 3.86. The standard InChI is InChI=1S/C17H18N4O2S/c1-3-14-19-20-15(23-14)10-21(2)16(22)9-13-11-24-17(18-13)12-7-5-4-6-8-12/h4-8,11H,3,9-10H2,1-2H3. The minimum absolute atomic E-state index is 0.0313. The second kappa shape index (κ2) is 7.35. The van der Waals surface area contributed by atoms with Crippen molar-refractivity contribution in [2.75, 3.05) is 7.05 Å². The predicted molar refractivity (Wildman–Crippen MR) is 91.4 cm³/mol. The zero-order valence-corrected chi connectivity index (χ0v) is 14.4. The van der Waals surface area contributed by atoms with Crippen molar-refractivity contribution in [1.82, 2.24) is 20.1 Å². The molecule has 6 nitrogen and oxygen atoms in total. The van der Waals surface area contributed by atoms with Crippen LogP contribution in [0.15, 0.2) is 40.1 Å². The molecule has 0 saturated carbocycles. The summed E-state index contributed by atoms with van der Waals surface area (Å²) >= 11 is 1.54. The highest BCUT2D eigenvalue weighted by atomic mass is 32.1. The molecule has 7 heteroatoms. The summed E-state index contributed by atoms with van der Waals surface area (Å²) in [5.41, 5.74) is 1.84. The molecular formula is C17H18N4O2S. The van der Waals surface area contributed by atoms with Gasteiger partial charge in [0.2, 0.25) is 17.7 Å². The topological polar surface area (TPSA) is 72.1 Å². The number of thiazole rings is 1. The normalized spacial score (nSPS) is 10.8. The van der Waals surface area contributed by atoms with Crippen LogP contribution in [0.25, 0.3) is 10.6 Å². The van der Waals surface area contributed by atoms with Crippen LogP contribution in [0.1, 0.15) is 24.4 Å². The zero-order chi connectivity index (χ0) is 16.9. The van der Waals surface area contributed by atoms with Crippen LogP contribution < -0.4 is 0 Å². The number of benzene rings is 1. The predicted octanol–water partition coefficient (Wildman–Crippen LogP) is 2.96. The molecular weight excluding hydrogens is 324 g/mol. The molecule has 0 aliphatic carbocycles. The van der Waals surface area contributed by atoms with Crippen LogP contribution in [0.2, 0.25) is 0 Å². The molecule has 1 aromatic carbocycles. The largest absolute Gasteiger partial charge is 0.423 e. The number of likely N-dealkylation sites (N-methyl/N-ethyl adjacent to an activating group) is 1. The van der Waals surface area contributed by atoms with E-state index in [0.717, 1.165) is 16.3 Å². The molecule has 3 aromatic rings.